The maximum atomic E-state index is 10.7. The number of carbonyl (C=O) groups is 4. The number of allylic oxidation sites excluding steroid dienone is 16. The van der Waals surface area contributed by atoms with Crippen molar-refractivity contribution in [3.63, 3.8) is 0 Å². The van der Waals surface area contributed by atoms with E-state index in [1.807, 2.05) is 27.7 Å². The third-order valence-corrected chi connectivity index (χ3v) is 6.16. The molecule has 0 aromatic carbocycles. The molecule has 0 fully saturated rings. The Morgan fingerprint density at radius 1 is 0.292 bits per heavy atom. The lowest BCUT2D eigenvalue weighted by Crippen LogP contribution is -1.85. The first-order valence-corrected chi connectivity index (χ1v) is 17.3. The Hall–Kier alpha value is -3.40. The first-order chi connectivity index (χ1) is 22.1. The summed E-state index contributed by atoms with van der Waals surface area (Å²) in [7, 11) is 0. The van der Waals surface area contributed by atoms with Gasteiger partial charge in [0.15, 0.2) is 23.1 Å². The number of hydrogen-bond acceptors (Lipinski definition) is 4. The summed E-state index contributed by atoms with van der Waals surface area (Å²) >= 11 is 0. The van der Waals surface area contributed by atoms with Crippen molar-refractivity contribution >= 4 is 23.1 Å². The lowest BCUT2D eigenvalue weighted by atomic mass is 10.1. The number of carbonyl (C=O) groups excluding carboxylic acids is 4. The van der Waals surface area contributed by atoms with Gasteiger partial charge in [0.1, 0.15) is 0 Å². The largest absolute Gasteiger partial charge is 0.295 e. The molecule has 0 heterocycles. The van der Waals surface area contributed by atoms with Crippen molar-refractivity contribution in [2.75, 3.05) is 0 Å². The van der Waals surface area contributed by atoms with Gasteiger partial charge in [-0.3, -0.25) is 19.2 Å². The summed E-state index contributed by atoms with van der Waals surface area (Å²) in [5.74, 6) is 0.573. The molecule has 0 saturated heterocycles. The van der Waals surface area contributed by atoms with E-state index in [2.05, 4.69) is 79.7 Å². The third kappa shape index (κ3) is 55.0. The van der Waals surface area contributed by atoms with E-state index < -0.39 is 0 Å². The monoisotopic (exact) mass is 665 g/mol. The van der Waals surface area contributed by atoms with Crippen molar-refractivity contribution in [1.29, 1.82) is 0 Å². The lowest BCUT2D eigenvalue weighted by molar-refractivity contribution is -0.113. The fourth-order valence-electron chi connectivity index (χ4n) is 4.03. The molecular formula is C44H72O4. The van der Waals surface area contributed by atoms with Crippen LogP contribution in [0, 0.1) is 0 Å². The highest BCUT2D eigenvalue weighted by molar-refractivity contribution is 5.88. The fraction of sp³-hybridized carbons (Fsp3) is 0.545. The van der Waals surface area contributed by atoms with Gasteiger partial charge in [0.25, 0.3) is 0 Å². The summed E-state index contributed by atoms with van der Waals surface area (Å²) in [5.41, 5.74) is 10.0. The summed E-state index contributed by atoms with van der Waals surface area (Å²) in [6.45, 7) is 31.1. The van der Waals surface area contributed by atoms with Crippen LogP contribution >= 0.6 is 0 Å². The van der Waals surface area contributed by atoms with Gasteiger partial charge in [-0.25, -0.2) is 0 Å². The molecule has 4 heteroatoms. The van der Waals surface area contributed by atoms with Crippen molar-refractivity contribution in [1.82, 2.24) is 0 Å². The van der Waals surface area contributed by atoms with Crippen molar-refractivity contribution in [2.45, 2.75) is 162 Å². The third-order valence-electron chi connectivity index (χ3n) is 6.16. The van der Waals surface area contributed by atoms with E-state index in [0.717, 1.165) is 51.4 Å². The minimum Gasteiger partial charge on any atom is -0.295 e. The smallest absolute Gasteiger partial charge is 0.152 e. The van der Waals surface area contributed by atoms with Crippen LogP contribution in [-0.4, -0.2) is 23.1 Å². The maximum absolute atomic E-state index is 10.7. The van der Waals surface area contributed by atoms with E-state index in [4.69, 9.17) is 0 Å². The molecule has 0 saturated carbocycles. The van der Waals surface area contributed by atoms with E-state index in [1.165, 1.54) is 44.6 Å². The van der Waals surface area contributed by atoms with Crippen LogP contribution in [0.15, 0.2) is 93.2 Å². The molecule has 0 radical (unpaired) electrons. The fourth-order valence-corrected chi connectivity index (χ4v) is 4.03. The summed E-state index contributed by atoms with van der Waals surface area (Å²) in [4.78, 5) is 42.6. The van der Waals surface area contributed by atoms with E-state index in [0.29, 0.717) is 0 Å². The quantitative estimate of drug-likeness (QED) is 0.122. The Bertz CT molecular complexity index is 1010. The molecule has 0 amide bonds. The molecule has 272 valence electrons. The van der Waals surface area contributed by atoms with Gasteiger partial charge < -0.3 is 0 Å². The van der Waals surface area contributed by atoms with Crippen LogP contribution in [0.3, 0.4) is 0 Å². The van der Waals surface area contributed by atoms with Crippen molar-refractivity contribution in [2.24, 2.45) is 0 Å². The van der Waals surface area contributed by atoms with Crippen LogP contribution in [0.2, 0.25) is 0 Å². The summed E-state index contributed by atoms with van der Waals surface area (Å²) in [5, 5.41) is 0. The standard InChI is InChI=1S/4C11H18O/c4*1-9(2)6-5-7-10(3)8-11(4)12/h4*6,8H,5,7H2,1-4H3/b2*10-8+;2*10-8-. The van der Waals surface area contributed by atoms with Gasteiger partial charge in [0, 0.05) is 0 Å². The van der Waals surface area contributed by atoms with E-state index >= 15 is 0 Å². The topological polar surface area (TPSA) is 68.3 Å². The second-order valence-electron chi connectivity index (χ2n) is 13.7. The number of hydrogen-bond donors (Lipinski definition) is 0. The summed E-state index contributed by atoms with van der Waals surface area (Å²) in [6.07, 6.45) is 23.7. The molecule has 0 aromatic heterocycles. The zero-order valence-corrected chi connectivity index (χ0v) is 33.9. The Labute approximate surface area is 297 Å². The molecule has 0 rings (SSSR count). The van der Waals surface area contributed by atoms with E-state index in [-0.39, 0.29) is 23.1 Å². The molecule has 0 atom stereocenters. The average molecular weight is 665 g/mol. The lowest BCUT2D eigenvalue weighted by Gasteiger charge is -1.96. The molecular weight excluding hydrogens is 592 g/mol. The van der Waals surface area contributed by atoms with Crippen molar-refractivity contribution in [3.8, 4) is 0 Å². The van der Waals surface area contributed by atoms with Crippen LogP contribution in [0.5, 0.6) is 0 Å². The predicted octanol–water partition coefficient (Wildman–Crippen LogP) is 13.1. The molecule has 0 unspecified atom stereocenters. The Kier molecular flexibility index (Phi) is 35.9. The van der Waals surface area contributed by atoms with Crippen LogP contribution in [0.25, 0.3) is 0 Å². The molecule has 0 aliphatic heterocycles. The van der Waals surface area contributed by atoms with Gasteiger partial charge in [0.2, 0.25) is 0 Å². The highest BCUT2D eigenvalue weighted by Gasteiger charge is 1.93. The average Bonchev–Trinajstić information content (AvgIpc) is 2.87. The second-order valence-corrected chi connectivity index (χ2v) is 13.7. The van der Waals surface area contributed by atoms with Crippen LogP contribution in [-0.2, 0) is 19.2 Å². The molecule has 48 heavy (non-hydrogen) atoms. The van der Waals surface area contributed by atoms with Gasteiger partial charge in [0.05, 0.1) is 0 Å². The number of rotatable bonds is 16. The summed E-state index contributed by atoms with van der Waals surface area (Å²) < 4.78 is 0. The zero-order chi connectivity index (χ0) is 38.2. The molecule has 0 N–H and O–H groups in total. The van der Waals surface area contributed by atoms with Crippen LogP contribution in [0.4, 0.5) is 0 Å². The van der Waals surface area contributed by atoms with Gasteiger partial charge in [-0.15, -0.1) is 0 Å². The van der Waals surface area contributed by atoms with Crippen LogP contribution in [0.1, 0.15) is 162 Å². The van der Waals surface area contributed by atoms with Crippen molar-refractivity contribution < 1.29 is 19.2 Å². The first kappa shape index (κ1) is 51.4. The molecule has 0 aliphatic carbocycles. The molecule has 0 aromatic rings. The zero-order valence-electron chi connectivity index (χ0n) is 33.9. The normalized spacial score (nSPS) is 11.2. The van der Waals surface area contributed by atoms with E-state index in [9.17, 15) is 19.2 Å². The SMILES string of the molecule is CC(=O)/C=C(/C)CCC=C(C)C.CC(=O)/C=C(/C)CCC=C(C)C.CC(=O)/C=C(\C)CCC=C(C)C.CC(=O)/C=C(\C)CCC=C(C)C. The van der Waals surface area contributed by atoms with E-state index in [1.54, 1.807) is 52.0 Å². The molecule has 0 aliphatic rings. The first-order valence-electron chi connectivity index (χ1n) is 17.3. The minimum atomic E-state index is 0.143. The Morgan fingerprint density at radius 3 is 0.542 bits per heavy atom. The Morgan fingerprint density at radius 2 is 0.438 bits per heavy atom. The minimum absolute atomic E-state index is 0.143. The molecule has 0 bridgehead atoms. The number of ketones is 4. The highest BCUT2D eigenvalue weighted by Crippen LogP contribution is 2.08. The van der Waals surface area contributed by atoms with Gasteiger partial charge in [-0.05, 0) is 186 Å². The maximum Gasteiger partial charge on any atom is 0.152 e. The predicted molar refractivity (Wildman–Crippen MR) is 212 cm³/mol. The van der Waals surface area contributed by atoms with Gasteiger partial charge in [-0.2, -0.15) is 0 Å². The molecule has 0 spiro atoms. The second kappa shape index (κ2) is 33.5. The van der Waals surface area contributed by atoms with Gasteiger partial charge in [-0.1, -0.05) is 68.9 Å². The van der Waals surface area contributed by atoms with Crippen LogP contribution < -0.4 is 0 Å². The molecule has 4 nitrogen and oxygen atoms in total. The Balaban J connectivity index is -0.000000269. The highest BCUT2D eigenvalue weighted by atomic mass is 16.1. The summed E-state index contributed by atoms with van der Waals surface area (Å²) in [6, 6.07) is 0. The van der Waals surface area contributed by atoms with Crippen molar-refractivity contribution in [3.05, 3.63) is 93.2 Å². The van der Waals surface area contributed by atoms with Gasteiger partial charge >= 0.3 is 0 Å².